The van der Waals surface area contributed by atoms with Gasteiger partial charge in [0.1, 0.15) is 11.5 Å². The summed E-state index contributed by atoms with van der Waals surface area (Å²) in [6, 6.07) is 2.12. The number of nitrogens with zero attached hydrogens (tertiary/aromatic N) is 1. The molecule has 0 aliphatic heterocycles. The molecule has 2 rings (SSSR count). The molecule has 0 unspecified atom stereocenters. The van der Waals surface area contributed by atoms with Crippen molar-refractivity contribution in [2.75, 3.05) is 4.72 Å². The van der Waals surface area contributed by atoms with E-state index >= 15 is 0 Å². The van der Waals surface area contributed by atoms with Gasteiger partial charge in [0, 0.05) is 4.47 Å². The Morgan fingerprint density at radius 3 is 2.55 bits per heavy atom. The Labute approximate surface area is 128 Å². The lowest BCUT2D eigenvalue weighted by atomic mass is 10.3. The molecule has 5 nitrogen and oxygen atoms in total. The molecule has 9 heteroatoms. The summed E-state index contributed by atoms with van der Waals surface area (Å²) in [6.45, 7) is 2.99. The van der Waals surface area contributed by atoms with Crippen LogP contribution in [0.5, 0.6) is 0 Å². The second-order valence-electron chi connectivity index (χ2n) is 4.00. The SMILES string of the molecule is Cc1noc(C)c1S(=O)(=O)Nc1c(Cl)cc(F)cc1Br. The predicted molar refractivity (Wildman–Crippen MR) is 75.9 cm³/mol. The number of nitrogens with one attached hydrogen (secondary N) is 1. The largest absolute Gasteiger partial charge is 0.360 e. The van der Waals surface area contributed by atoms with Gasteiger partial charge < -0.3 is 4.52 Å². The van der Waals surface area contributed by atoms with E-state index in [1.54, 1.807) is 0 Å². The van der Waals surface area contributed by atoms with Crippen LogP contribution in [0.4, 0.5) is 10.1 Å². The Morgan fingerprint density at radius 1 is 1.40 bits per heavy atom. The molecule has 20 heavy (non-hydrogen) atoms. The van der Waals surface area contributed by atoms with E-state index in [1.165, 1.54) is 13.8 Å². The van der Waals surface area contributed by atoms with E-state index in [0.29, 0.717) is 0 Å². The van der Waals surface area contributed by atoms with Crippen molar-refractivity contribution in [3.05, 3.63) is 38.9 Å². The lowest BCUT2D eigenvalue weighted by Gasteiger charge is -2.11. The van der Waals surface area contributed by atoms with Gasteiger partial charge >= 0.3 is 0 Å². The first-order valence-electron chi connectivity index (χ1n) is 5.32. The molecule has 0 spiro atoms. The number of sulfonamides is 1. The average Bonchev–Trinajstić information content (AvgIpc) is 2.64. The molecule has 1 aromatic carbocycles. The van der Waals surface area contributed by atoms with Crippen LogP contribution in [0.3, 0.4) is 0 Å². The number of anilines is 1. The summed E-state index contributed by atoms with van der Waals surface area (Å²) in [5, 5.41) is 3.52. The zero-order valence-electron chi connectivity index (χ0n) is 10.4. The summed E-state index contributed by atoms with van der Waals surface area (Å²) in [4.78, 5) is -0.0650. The first-order chi connectivity index (χ1) is 9.22. The third-order valence-corrected chi connectivity index (χ3v) is 5.00. The maximum atomic E-state index is 13.1. The van der Waals surface area contributed by atoms with E-state index < -0.39 is 15.8 Å². The Hall–Kier alpha value is -1.12. The summed E-state index contributed by atoms with van der Waals surface area (Å²) in [6.07, 6.45) is 0. The number of halogens is 3. The highest BCUT2D eigenvalue weighted by atomic mass is 79.9. The summed E-state index contributed by atoms with van der Waals surface area (Å²) >= 11 is 8.91. The van der Waals surface area contributed by atoms with Gasteiger partial charge in [-0.15, -0.1) is 0 Å². The van der Waals surface area contributed by atoms with Gasteiger partial charge in [0.2, 0.25) is 0 Å². The Kier molecular flexibility index (Phi) is 4.08. The highest BCUT2D eigenvalue weighted by molar-refractivity contribution is 9.10. The molecule has 0 bridgehead atoms. The lowest BCUT2D eigenvalue weighted by molar-refractivity contribution is 0.390. The van der Waals surface area contributed by atoms with Crippen molar-refractivity contribution in [2.24, 2.45) is 0 Å². The van der Waals surface area contributed by atoms with Crippen molar-refractivity contribution < 1.29 is 17.3 Å². The zero-order chi connectivity index (χ0) is 15.1. The summed E-state index contributed by atoms with van der Waals surface area (Å²) < 4.78 is 45.1. The Bertz CT molecular complexity index is 733. The molecule has 1 N–H and O–H groups in total. The van der Waals surface area contributed by atoms with E-state index in [0.717, 1.165) is 12.1 Å². The van der Waals surface area contributed by atoms with E-state index in [2.05, 4.69) is 25.8 Å². The second-order valence-corrected chi connectivity index (χ2v) is 6.88. The van der Waals surface area contributed by atoms with Crippen LogP contribution in [-0.2, 0) is 10.0 Å². The van der Waals surface area contributed by atoms with Crippen LogP contribution >= 0.6 is 27.5 Å². The fraction of sp³-hybridized carbons (Fsp3) is 0.182. The first kappa shape index (κ1) is 15.3. The molecule has 0 fully saturated rings. The number of aryl methyl sites for hydroxylation is 2. The third kappa shape index (κ3) is 2.82. The van der Waals surface area contributed by atoms with Crippen LogP contribution < -0.4 is 4.72 Å². The quantitative estimate of drug-likeness (QED) is 0.878. The minimum absolute atomic E-state index is 0.0491. The summed E-state index contributed by atoms with van der Waals surface area (Å²) in [5.41, 5.74) is 0.275. The number of hydrogen-bond donors (Lipinski definition) is 1. The monoisotopic (exact) mass is 382 g/mol. The van der Waals surface area contributed by atoms with Crippen LogP contribution in [0.2, 0.25) is 5.02 Å². The third-order valence-electron chi connectivity index (χ3n) is 2.48. The Balaban J connectivity index is 2.50. The summed E-state index contributed by atoms with van der Waals surface area (Å²) in [7, 11) is -3.93. The first-order valence-corrected chi connectivity index (χ1v) is 7.98. The van der Waals surface area contributed by atoms with E-state index in [-0.39, 0.29) is 31.5 Å². The molecule has 1 aromatic heterocycles. The molecule has 0 aliphatic rings. The van der Waals surface area contributed by atoms with Crippen molar-refractivity contribution in [2.45, 2.75) is 18.7 Å². The highest BCUT2D eigenvalue weighted by Gasteiger charge is 2.26. The van der Waals surface area contributed by atoms with E-state index in [1.807, 2.05) is 0 Å². The smallest absolute Gasteiger partial charge is 0.267 e. The maximum absolute atomic E-state index is 13.1. The van der Waals surface area contributed by atoms with Crippen molar-refractivity contribution in [3.8, 4) is 0 Å². The van der Waals surface area contributed by atoms with Crippen LogP contribution in [0, 0.1) is 19.7 Å². The van der Waals surface area contributed by atoms with Gasteiger partial charge in [-0.05, 0) is 41.9 Å². The van der Waals surface area contributed by atoms with Gasteiger partial charge in [-0.3, -0.25) is 4.72 Å². The van der Waals surface area contributed by atoms with Gasteiger partial charge in [-0.1, -0.05) is 16.8 Å². The molecule has 2 aromatic rings. The van der Waals surface area contributed by atoms with E-state index in [9.17, 15) is 12.8 Å². The molecule has 108 valence electrons. The molecule has 0 atom stereocenters. The highest BCUT2D eigenvalue weighted by Crippen LogP contribution is 2.34. The van der Waals surface area contributed by atoms with Gasteiger partial charge in [0.15, 0.2) is 10.7 Å². The molecular weight excluding hydrogens is 375 g/mol. The lowest BCUT2D eigenvalue weighted by Crippen LogP contribution is -2.15. The van der Waals surface area contributed by atoms with Crippen molar-refractivity contribution >= 4 is 43.2 Å². The molecule has 1 heterocycles. The molecule has 0 aliphatic carbocycles. The van der Waals surface area contributed by atoms with Crippen molar-refractivity contribution in [1.82, 2.24) is 5.16 Å². The molecule has 0 saturated carbocycles. The maximum Gasteiger partial charge on any atom is 0.267 e. The fourth-order valence-electron chi connectivity index (χ4n) is 1.68. The minimum Gasteiger partial charge on any atom is -0.360 e. The number of hydrogen-bond acceptors (Lipinski definition) is 4. The Morgan fingerprint density at radius 2 is 2.05 bits per heavy atom. The van der Waals surface area contributed by atoms with Gasteiger partial charge in [-0.2, -0.15) is 0 Å². The fourth-order valence-corrected chi connectivity index (χ4v) is 4.20. The molecular formula is C11H9BrClFN2O3S. The molecule has 0 amide bonds. The van der Waals surface area contributed by atoms with Crippen LogP contribution in [-0.4, -0.2) is 13.6 Å². The van der Waals surface area contributed by atoms with E-state index in [4.69, 9.17) is 16.1 Å². The van der Waals surface area contributed by atoms with Crippen LogP contribution in [0.15, 0.2) is 26.0 Å². The number of aromatic nitrogens is 1. The number of rotatable bonds is 3. The minimum atomic E-state index is -3.93. The van der Waals surface area contributed by atoms with Crippen molar-refractivity contribution in [1.29, 1.82) is 0 Å². The predicted octanol–water partition coefficient (Wildman–Crippen LogP) is 3.65. The topological polar surface area (TPSA) is 72.2 Å². The normalized spacial score (nSPS) is 11.7. The van der Waals surface area contributed by atoms with Crippen molar-refractivity contribution in [3.63, 3.8) is 0 Å². The number of benzene rings is 1. The van der Waals surface area contributed by atoms with Gasteiger partial charge in [0.25, 0.3) is 10.0 Å². The van der Waals surface area contributed by atoms with Crippen LogP contribution in [0.25, 0.3) is 0 Å². The average molecular weight is 384 g/mol. The van der Waals surface area contributed by atoms with Crippen LogP contribution in [0.1, 0.15) is 11.5 Å². The molecule has 0 radical (unpaired) electrons. The standard InChI is InChI=1S/C11H9BrClFN2O3S/c1-5-11(6(2)19-15-5)20(17,18)16-10-8(12)3-7(14)4-9(10)13/h3-4,16H,1-2H3. The van der Waals surface area contributed by atoms with Gasteiger partial charge in [0.05, 0.1) is 10.7 Å². The summed E-state index contributed by atoms with van der Waals surface area (Å²) in [5.74, 6) is -0.425. The molecule has 0 saturated heterocycles. The zero-order valence-corrected chi connectivity index (χ0v) is 13.5. The van der Waals surface area contributed by atoms with Gasteiger partial charge in [-0.25, -0.2) is 12.8 Å². The second kappa shape index (κ2) is 5.34.